The van der Waals surface area contributed by atoms with Crippen molar-refractivity contribution in [1.29, 1.82) is 0 Å². The average Bonchev–Trinajstić information content (AvgIpc) is 2.54. The molecule has 2 rings (SSSR count). The van der Waals surface area contributed by atoms with Gasteiger partial charge in [-0.3, -0.25) is 4.79 Å². The van der Waals surface area contributed by atoms with E-state index >= 15 is 0 Å². The van der Waals surface area contributed by atoms with Gasteiger partial charge in [0.2, 0.25) is 5.91 Å². The molecular formula is C15H10Br5NOS. The third-order valence-electron chi connectivity index (χ3n) is 2.93. The molecule has 8 heteroatoms. The topological polar surface area (TPSA) is 29.1 Å². The summed E-state index contributed by atoms with van der Waals surface area (Å²) in [6, 6.07) is 8.02. The Morgan fingerprint density at radius 3 is 2.04 bits per heavy atom. The minimum atomic E-state index is -0.0687. The Morgan fingerprint density at radius 2 is 1.48 bits per heavy atom. The highest BCUT2D eigenvalue weighted by Crippen LogP contribution is 2.47. The van der Waals surface area contributed by atoms with Gasteiger partial charge in [0.15, 0.2) is 0 Å². The van der Waals surface area contributed by atoms with E-state index in [1.54, 1.807) is 0 Å². The van der Waals surface area contributed by atoms with Crippen molar-refractivity contribution >= 4 is 103 Å². The Kier molecular flexibility index (Phi) is 7.69. The number of nitrogens with one attached hydrogen (secondary N) is 1. The molecule has 1 amide bonds. The molecule has 0 atom stereocenters. The second-order valence-corrected chi connectivity index (χ2v) is 9.53. The molecule has 0 aliphatic carbocycles. The summed E-state index contributed by atoms with van der Waals surface area (Å²) in [4.78, 5) is 13.4. The Hall–Kier alpha value is 0.660. The van der Waals surface area contributed by atoms with Crippen LogP contribution in [-0.4, -0.2) is 11.7 Å². The molecule has 0 aliphatic heterocycles. The van der Waals surface area contributed by atoms with Crippen molar-refractivity contribution in [3.8, 4) is 0 Å². The molecule has 2 aromatic carbocycles. The van der Waals surface area contributed by atoms with Gasteiger partial charge in [-0.05, 0) is 98.2 Å². The summed E-state index contributed by atoms with van der Waals surface area (Å²) in [5.41, 5.74) is 1.85. The van der Waals surface area contributed by atoms with Crippen LogP contribution in [0.1, 0.15) is 5.56 Å². The number of benzene rings is 2. The number of carbonyl (C=O) groups excluding carboxylic acids is 1. The first kappa shape index (κ1) is 20.0. The Labute approximate surface area is 181 Å². The fourth-order valence-electron chi connectivity index (χ4n) is 1.75. The van der Waals surface area contributed by atoms with Crippen LogP contribution in [0.4, 0.5) is 5.69 Å². The number of aryl methyl sites for hydroxylation is 1. The predicted octanol–water partition coefficient (Wildman–Crippen LogP) is 7.54. The normalized spacial score (nSPS) is 10.7. The van der Waals surface area contributed by atoms with Gasteiger partial charge in [0.1, 0.15) is 0 Å². The highest BCUT2D eigenvalue weighted by atomic mass is 79.9. The van der Waals surface area contributed by atoms with Crippen LogP contribution in [0.3, 0.4) is 0 Å². The largest absolute Gasteiger partial charge is 0.323 e. The first-order valence-corrected chi connectivity index (χ1v) is 11.3. The molecule has 0 saturated carbocycles. The molecule has 0 spiro atoms. The molecule has 0 unspecified atom stereocenters. The van der Waals surface area contributed by atoms with Crippen LogP contribution in [0, 0.1) is 6.92 Å². The number of carbonyl (C=O) groups is 1. The Balaban J connectivity index is 2.14. The Bertz CT molecular complexity index is 737. The van der Waals surface area contributed by atoms with E-state index in [0.717, 1.165) is 27.3 Å². The third kappa shape index (κ3) is 4.85. The quantitative estimate of drug-likeness (QED) is 0.210. The number of amides is 1. The number of hydrogen-bond donors (Lipinski definition) is 1. The van der Waals surface area contributed by atoms with E-state index in [9.17, 15) is 4.79 Å². The molecule has 0 radical (unpaired) electrons. The first-order chi connectivity index (χ1) is 10.8. The van der Waals surface area contributed by atoms with Crippen LogP contribution in [0.5, 0.6) is 0 Å². The molecule has 2 nitrogen and oxygen atoms in total. The lowest BCUT2D eigenvalue weighted by molar-refractivity contribution is -0.113. The number of halogens is 5. The maximum atomic E-state index is 12.3. The molecule has 0 fully saturated rings. The minimum absolute atomic E-state index is 0.0687. The van der Waals surface area contributed by atoms with Crippen molar-refractivity contribution in [2.75, 3.05) is 11.1 Å². The molecule has 2 aromatic rings. The first-order valence-electron chi connectivity index (χ1n) is 6.32. The monoisotopic (exact) mass is 647 g/mol. The molecule has 0 saturated heterocycles. The SMILES string of the molecule is Cc1ccccc1SCC(=O)Nc1c(Br)c(Br)c(Br)c(Br)c1Br. The van der Waals surface area contributed by atoms with Crippen LogP contribution in [0.2, 0.25) is 0 Å². The molecular weight excluding hydrogens is 642 g/mol. The lowest BCUT2D eigenvalue weighted by Gasteiger charge is -2.14. The van der Waals surface area contributed by atoms with Crippen molar-refractivity contribution in [2.24, 2.45) is 0 Å². The van der Waals surface area contributed by atoms with Gasteiger partial charge in [-0.25, -0.2) is 0 Å². The zero-order chi connectivity index (χ0) is 17.1. The number of anilines is 1. The van der Waals surface area contributed by atoms with Gasteiger partial charge >= 0.3 is 0 Å². The Morgan fingerprint density at radius 1 is 0.957 bits per heavy atom. The highest BCUT2D eigenvalue weighted by molar-refractivity contribution is 9.15. The number of hydrogen-bond acceptors (Lipinski definition) is 2. The van der Waals surface area contributed by atoms with Gasteiger partial charge in [-0.2, -0.15) is 0 Å². The summed E-state index contributed by atoms with van der Waals surface area (Å²) in [6.07, 6.45) is 0. The zero-order valence-electron chi connectivity index (χ0n) is 11.7. The zero-order valence-corrected chi connectivity index (χ0v) is 20.5. The van der Waals surface area contributed by atoms with Crippen molar-refractivity contribution in [3.63, 3.8) is 0 Å². The van der Waals surface area contributed by atoms with Crippen molar-refractivity contribution in [1.82, 2.24) is 0 Å². The maximum absolute atomic E-state index is 12.3. The van der Waals surface area contributed by atoms with Crippen molar-refractivity contribution in [2.45, 2.75) is 11.8 Å². The van der Waals surface area contributed by atoms with Crippen LogP contribution < -0.4 is 5.32 Å². The van der Waals surface area contributed by atoms with E-state index in [2.05, 4.69) is 85.0 Å². The minimum Gasteiger partial charge on any atom is -0.323 e. The van der Waals surface area contributed by atoms with Crippen LogP contribution in [-0.2, 0) is 4.79 Å². The molecule has 0 aliphatic rings. The van der Waals surface area contributed by atoms with Crippen molar-refractivity contribution in [3.05, 3.63) is 52.2 Å². The van der Waals surface area contributed by atoms with E-state index in [0.29, 0.717) is 11.4 Å². The average molecular weight is 652 g/mol. The maximum Gasteiger partial charge on any atom is 0.234 e. The number of rotatable bonds is 4. The third-order valence-corrected chi connectivity index (χ3v) is 10.2. The lowest BCUT2D eigenvalue weighted by atomic mass is 10.2. The van der Waals surface area contributed by atoms with Crippen LogP contribution in [0.15, 0.2) is 51.5 Å². The second-order valence-electron chi connectivity index (χ2n) is 4.55. The van der Waals surface area contributed by atoms with E-state index in [1.165, 1.54) is 17.3 Å². The van der Waals surface area contributed by atoms with Gasteiger partial charge in [0.05, 0.1) is 20.4 Å². The number of thioether (sulfide) groups is 1. The molecule has 23 heavy (non-hydrogen) atoms. The van der Waals surface area contributed by atoms with E-state index in [-0.39, 0.29) is 5.91 Å². The van der Waals surface area contributed by atoms with Gasteiger partial charge in [0, 0.05) is 18.3 Å². The fourth-order valence-corrected chi connectivity index (χ4v) is 5.83. The summed E-state index contributed by atoms with van der Waals surface area (Å²) in [5, 5.41) is 2.94. The summed E-state index contributed by atoms with van der Waals surface area (Å²) in [5.74, 6) is 0.274. The fraction of sp³-hybridized carbons (Fsp3) is 0.133. The van der Waals surface area contributed by atoms with E-state index in [1.807, 2.05) is 31.2 Å². The van der Waals surface area contributed by atoms with E-state index < -0.39 is 0 Å². The summed E-state index contributed by atoms with van der Waals surface area (Å²) in [6.45, 7) is 2.04. The summed E-state index contributed by atoms with van der Waals surface area (Å²) >= 11 is 19.0. The second kappa shape index (κ2) is 8.85. The molecule has 0 heterocycles. The summed E-state index contributed by atoms with van der Waals surface area (Å²) in [7, 11) is 0. The van der Waals surface area contributed by atoms with Crippen molar-refractivity contribution < 1.29 is 4.79 Å². The standard InChI is InChI=1S/C15H10Br5NOS/c1-7-4-2-3-5-8(7)23-6-9(22)21-15-13(19)11(17)10(16)12(18)14(15)20/h2-5H,6H2,1H3,(H,21,22). The molecule has 0 aromatic heterocycles. The smallest absolute Gasteiger partial charge is 0.234 e. The molecule has 0 bridgehead atoms. The lowest BCUT2D eigenvalue weighted by Crippen LogP contribution is -2.15. The van der Waals surface area contributed by atoms with Crippen LogP contribution in [0.25, 0.3) is 0 Å². The van der Waals surface area contributed by atoms with E-state index in [4.69, 9.17) is 0 Å². The molecule has 122 valence electrons. The molecule has 1 N–H and O–H groups in total. The van der Waals surface area contributed by atoms with Gasteiger partial charge < -0.3 is 5.32 Å². The predicted molar refractivity (Wildman–Crippen MR) is 115 cm³/mol. The van der Waals surface area contributed by atoms with Gasteiger partial charge in [-0.1, -0.05) is 18.2 Å². The summed E-state index contributed by atoms with van der Waals surface area (Å²) < 4.78 is 4.06. The van der Waals surface area contributed by atoms with Gasteiger partial charge in [-0.15, -0.1) is 11.8 Å². The van der Waals surface area contributed by atoms with Gasteiger partial charge in [0.25, 0.3) is 0 Å². The van der Waals surface area contributed by atoms with Crippen LogP contribution >= 0.6 is 91.4 Å². The highest BCUT2D eigenvalue weighted by Gasteiger charge is 2.19.